The first-order valence-electron chi connectivity index (χ1n) is 4.35. The topological polar surface area (TPSA) is 46.5 Å². The summed E-state index contributed by atoms with van der Waals surface area (Å²) in [6.07, 6.45) is 0.718. The summed E-state index contributed by atoms with van der Waals surface area (Å²) >= 11 is 0. The highest BCUT2D eigenvalue weighted by atomic mass is 16.5. The maximum absolute atomic E-state index is 10.8. The molecule has 0 fully saturated rings. The molecule has 1 N–H and O–H groups in total. The van der Waals surface area contributed by atoms with E-state index in [1.807, 2.05) is 0 Å². The fourth-order valence-corrected chi connectivity index (χ4v) is 1.32. The molecule has 0 saturated heterocycles. The molecule has 3 nitrogen and oxygen atoms in total. The number of methoxy groups -OCH3 is 1. The van der Waals surface area contributed by atoms with E-state index in [2.05, 4.69) is 0 Å². The molecule has 3 heteroatoms. The van der Waals surface area contributed by atoms with E-state index >= 15 is 0 Å². The summed E-state index contributed by atoms with van der Waals surface area (Å²) < 4.78 is 4.98. The van der Waals surface area contributed by atoms with Crippen molar-refractivity contribution in [3.05, 3.63) is 29.3 Å². The van der Waals surface area contributed by atoms with Crippen LogP contribution in [0.3, 0.4) is 0 Å². The van der Waals surface area contributed by atoms with Gasteiger partial charge in [-0.3, -0.25) is 4.79 Å². The molecule has 0 spiro atoms. The molecule has 0 radical (unpaired) electrons. The monoisotopic (exact) mass is 194 g/mol. The lowest BCUT2D eigenvalue weighted by Crippen LogP contribution is -2.17. The molecule has 0 aromatic heterocycles. The SMILES string of the molecule is COc1ccc(C(C)(C)O)c(C=O)c1. The minimum absolute atomic E-state index is 0.455. The van der Waals surface area contributed by atoms with Crippen molar-refractivity contribution in [2.75, 3.05) is 7.11 Å². The van der Waals surface area contributed by atoms with Gasteiger partial charge in [-0.2, -0.15) is 0 Å². The van der Waals surface area contributed by atoms with Crippen LogP contribution >= 0.6 is 0 Å². The van der Waals surface area contributed by atoms with Gasteiger partial charge in [-0.1, -0.05) is 6.07 Å². The lowest BCUT2D eigenvalue weighted by atomic mass is 9.93. The van der Waals surface area contributed by atoms with E-state index in [-0.39, 0.29) is 0 Å². The number of carbonyl (C=O) groups is 1. The van der Waals surface area contributed by atoms with E-state index in [1.54, 1.807) is 32.0 Å². The van der Waals surface area contributed by atoms with Gasteiger partial charge in [0.1, 0.15) is 5.75 Å². The molecule has 1 aromatic carbocycles. The zero-order valence-corrected chi connectivity index (χ0v) is 8.57. The molecule has 0 unspecified atom stereocenters. The second kappa shape index (κ2) is 3.80. The molecule has 14 heavy (non-hydrogen) atoms. The Morgan fingerprint density at radius 2 is 2.07 bits per heavy atom. The Kier molecular flexibility index (Phi) is 2.91. The van der Waals surface area contributed by atoms with Gasteiger partial charge in [0.05, 0.1) is 12.7 Å². The molecule has 76 valence electrons. The van der Waals surface area contributed by atoms with E-state index < -0.39 is 5.60 Å². The molecule has 1 aromatic rings. The second-order valence-corrected chi connectivity index (χ2v) is 3.63. The fraction of sp³-hybridized carbons (Fsp3) is 0.364. The standard InChI is InChI=1S/C11H14O3/c1-11(2,13)10-5-4-9(14-3)6-8(10)7-12/h4-7,13H,1-3H3. The molecule has 0 bridgehead atoms. The molecule has 0 aliphatic heterocycles. The zero-order valence-electron chi connectivity index (χ0n) is 8.57. The van der Waals surface area contributed by atoms with Crippen LogP contribution in [-0.2, 0) is 5.60 Å². The smallest absolute Gasteiger partial charge is 0.150 e. The third kappa shape index (κ3) is 2.12. The Balaban J connectivity index is 3.25. The molecular weight excluding hydrogens is 180 g/mol. The number of aldehydes is 1. The van der Waals surface area contributed by atoms with Gasteiger partial charge in [-0.15, -0.1) is 0 Å². The molecule has 0 aliphatic carbocycles. The highest BCUT2D eigenvalue weighted by Crippen LogP contribution is 2.25. The molecule has 1 rings (SSSR count). The lowest BCUT2D eigenvalue weighted by molar-refractivity contribution is 0.0767. The van der Waals surface area contributed by atoms with Gasteiger partial charge >= 0.3 is 0 Å². The summed E-state index contributed by atoms with van der Waals surface area (Å²) in [6, 6.07) is 5.03. The van der Waals surface area contributed by atoms with Crippen molar-refractivity contribution in [1.29, 1.82) is 0 Å². The first-order chi connectivity index (χ1) is 6.49. The maximum atomic E-state index is 10.8. The van der Waals surface area contributed by atoms with Crippen LogP contribution in [0.15, 0.2) is 18.2 Å². The third-order valence-electron chi connectivity index (χ3n) is 2.04. The number of rotatable bonds is 3. The van der Waals surface area contributed by atoms with E-state index in [0.717, 1.165) is 6.29 Å². The van der Waals surface area contributed by atoms with Crippen LogP contribution in [0.4, 0.5) is 0 Å². The molecule has 0 atom stereocenters. The minimum Gasteiger partial charge on any atom is -0.497 e. The van der Waals surface area contributed by atoms with Crippen LogP contribution in [0.2, 0.25) is 0 Å². The Hall–Kier alpha value is -1.35. The van der Waals surface area contributed by atoms with Crippen molar-refractivity contribution >= 4 is 6.29 Å². The summed E-state index contributed by atoms with van der Waals surface area (Å²) in [5.41, 5.74) is 0.0489. The number of hydrogen-bond donors (Lipinski definition) is 1. The fourth-order valence-electron chi connectivity index (χ4n) is 1.32. The van der Waals surface area contributed by atoms with Crippen LogP contribution in [-0.4, -0.2) is 18.5 Å². The van der Waals surface area contributed by atoms with Crippen molar-refractivity contribution in [2.45, 2.75) is 19.4 Å². The van der Waals surface area contributed by atoms with Gasteiger partial charge in [0.2, 0.25) is 0 Å². The summed E-state index contributed by atoms with van der Waals surface area (Å²) in [5, 5.41) is 9.76. The highest BCUT2D eigenvalue weighted by molar-refractivity contribution is 5.78. The summed E-state index contributed by atoms with van der Waals surface area (Å²) in [7, 11) is 1.54. The number of ether oxygens (including phenoxy) is 1. The minimum atomic E-state index is -1.01. The van der Waals surface area contributed by atoms with Crippen LogP contribution in [0.25, 0.3) is 0 Å². The van der Waals surface area contributed by atoms with Crippen molar-refractivity contribution in [1.82, 2.24) is 0 Å². The quantitative estimate of drug-likeness (QED) is 0.745. The second-order valence-electron chi connectivity index (χ2n) is 3.63. The molecule has 0 heterocycles. The van der Waals surface area contributed by atoms with Crippen LogP contribution in [0.5, 0.6) is 5.75 Å². The Morgan fingerprint density at radius 3 is 2.50 bits per heavy atom. The lowest BCUT2D eigenvalue weighted by Gasteiger charge is -2.19. The summed E-state index contributed by atoms with van der Waals surface area (Å²) in [6.45, 7) is 3.28. The van der Waals surface area contributed by atoms with Gasteiger partial charge in [0, 0.05) is 5.56 Å². The number of aliphatic hydroxyl groups is 1. The van der Waals surface area contributed by atoms with E-state index in [1.165, 1.54) is 7.11 Å². The Morgan fingerprint density at radius 1 is 1.43 bits per heavy atom. The Bertz CT molecular complexity index is 337. The van der Waals surface area contributed by atoms with Gasteiger partial charge in [-0.05, 0) is 31.5 Å². The van der Waals surface area contributed by atoms with Crippen molar-refractivity contribution in [2.24, 2.45) is 0 Å². The Labute approximate surface area is 83.3 Å². The van der Waals surface area contributed by atoms with Gasteiger partial charge in [0.25, 0.3) is 0 Å². The van der Waals surface area contributed by atoms with Crippen molar-refractivity contribution in [3.8, 4) is 5.75 Å². The highest BCUT2D eigenvalue weighted by Gasteiger charge is 2.19. The predicted molar refractivity (Wildman–Crippen MR) is 53.6 cm³/mol. The molecular formula is C11H14O3. The zero-order chi connectivity index (χ0) is 10.8. The van der Waals surface area contributed by atoms with Crippen molar-refractivity contribution < 1.29 is 14.6 Å². The largest absolute Gasteiger partial charge is 0.497 e. The van der Waals surface area contributed by atoms with E-state index in [9.17, 15) is 9.90 Å². The number of carbonyl (C=O) groups excluding carboxylic acids is 1. The van der Waals surface area contributed by atoms with Crippen molar-refractivity contribution in [3.63, 3.8) is 0 Å². The first-order valence-corrected chi connectivity index (χ1v) is 4.35. The van der Waals surface area contributed by atoms with Crippen LogP contribution < -0.4 is 4.74 Å². The van der Waals surface area contributed by atoms with Gasteiger partial charge in [-0.25, -0.2) is 0 Å². The molecule has 0 aliphatic rings. The number of hydrogen-bond acceptors (Lipinski definition) is 3. The summed E-state index contributed by atoms with van der Waals surface area (Å²) in [4.78, 5) is 10.8. The molecule has 0 amide bonds. The predicted octanol–water partition coefficient (Wildman–Crippen LogP) is 1.74. The van der Waals surface area contributed by atoms with E-state index in [4.69, 9.17) is 4.74 Å². The van der Waals surface area contributed by atoms with Gasteiger partial charge in [0.15, 0.2) is 6.29 Å². The van der Waals surface area contributed by atoms with Gasteiger partial charge < -0.3 is 9.84 Å². The average Bonchev–Trinajstić information content (AvgIpc) is 2.15. The third-order valence-corrected chi connectivity index (χ3v) is 2.04. The normalized spacial score (nSPS) is 11.1. The van der Waals surface area contributed by atoms with E-state index in [0.29, 0.717) is 16.9 Å². The molecule has 0 saturated carbocycles. The average molecular weight is 194 g/mol. The summed E-state index contributed by atoms with van der Waals surface area (Å²) in [5.74, 6) is 0.611. The number of benzene rings is 1. The first kappa shape index (κ1) is 10.7. The van der Waals surface area contributed by atoms with Crippen LogP contribution in [0, 0.1) is 0 Å². The maximum Gasteiger partial charge on any atom is 0.150 e. The van der Waals surface area contributed by atoms with Crippen LogP contribution in [0.1, 0.15) is 29.8 Å².